The van der Waals surface area contributed by atoms with Crippen LogP contribution in [0.1, 0.15) is 18.1 Å². The first kappa shape index (κ1) is 14.7. The summed E-state index contributed by atoms with van der Waals surface area (Å²) in [6.07, 6.45) is 0.837. The van der Waals surface area contributed by atoms with Crippen molar-refractivity contribution >= 4 is 11.6 Å². The fraction of sp³-hybridized carbons (Fsp3) is 0.250. The maximum atomic E-state index is 9.44. The normalized spacial score (nSPS) is 12.3. The molecule has 106 valence electrons. The van der Waals surface area contributed by atoms with Crippen LogP contribution in [0.15, 0.2) is 42.5 Å². The highest BCUT2D eigenvalue weighted by Gasteiger charge is 2.07. The van der Waals surface area contributed by atoms with Crippen molar-refractivity contribution < 1.29 is 10.2 Å². The van der Waals surface area contributed by atoms with Gasteiger partial charge in [0.2, 0.25) is 0 Å². The zero-order valence-corrected chi connectivity index (χ0v) is 12.1. The van der Waals surface area contributed by atoms with Gasteiger partial charge in [0.15, 0.2) is 11.5 Å². The summed E-state index contributed by atoms with van der Waals surface area (Å²) in [5.41, 5.74) is 2.04. The molecule has 0 spiro atoms. The summed E-state index contributed by atoms with van der Waals surface area (Å²) >= 11 is 6.14. The van der Waals surface area contributed by atoms with Gasteiger partial charge in [0.05, 0.1) is 0 Å². The van der Waals surface area contributed by atoms with Gasteiger partial charge in [-0.05, 0) is 42.7 Å². The molecule has 0 radical (unpaired) electrons. The second-order valence-corrected chi connectivity index (χ2v) is 5.31. The summed E-state index contributed by atoms with van der Waals surface area (Å²) < 4.78 is 0. The van der Waals surface area contributed by atoms with Gasteiger partial charge >= 0.3 is 0 Å². The molecule has 4 heteroatoms. The third-order valence-corrected chi connectivity index (χ3v) is 3.55. The maximum Gasteiger partial charge on any atom is 0.157 e. The van der Waals surface area contributed by atoms with Crippen molar-refractivity contribution in [2.75, 3.05) is 0 Å². The van der Waals surface area contributed by atoms with Crippen LogP contribution in [0.5, 0.6) is 11.5 Å². The van der Waals surface area contributed by atoms with Gasteiger partial charge in [-0.15, -0.1) is 0 Å². The van der Waals surface area contributed by atoms with Crippen molar-refractivity contribution in [3.05, 3.63) is 58.6 Å². The van der Waals surface area contributed by atoms with Crippen LogP contribution in [0.3, 0.4) is 0 Å². The molecule has 0 aliphatic rings. The van der Waals surface area contributed by atoms with Crippen LogP contribution in [0, 0.1) is 0 Å². The quantitative estimate of drug-likeness (QED) is 0.739. The largest absolute Gasteiger partial charge is 0.504 e. The number of benzene rings is 2. The molecule has 0 aromatic heterocycles. The Labute approximate surface area is 123 Å². The minimum Gasteiger partial charge on any atom is -0.504 e. The Hall–Kier alpha value is -1.71. The van der Waals surface area contributed by atoms with Crippen molar-refractivity contribution in [1.82, 2.24) is 5.32 Å². The molecule has 2 aromatic carbocycles. The predicted molar refractivity (Wildman–Crippen MR) is 81.2 cm³/mol. The second kappa shape index (κ2) is 6.64. The smallest absolute Gasteiger partial charge is 0.157 e. The minimum absolute atomic E-state index is 0.0944. The lowest BCUT2D eigenvalue weighted by atomic mass is 10.1. The average Bonchev–Trinajstić information content (AvgIpc) is 2.43. The molecule has 0 aliphatic carbocycles. The van der Waals surface area contributed by atoms with E-state index in [-0.39, 0.29) is 17.5 Å². The van der Waals surface area contributed by atoms with Gasteiger partial charge in [0.1, 0.15) is 0 Å². The highest BCUT2D eigenvalue weighted by Crippen LogP contribution is 2.24. The topological polar surface area (TPSA) is 52.5 Å². The van der Waals surface area contributed by atoms with Crippen LogP contribution in [-0.4, -0.2) is 16.3 Å². The van der Waals surface area contributed by atoms with Crippen molar-refractivity contribution in [3.8, 4) is 11.5 Å². The number of phenols is 2. The number of nitrogens with one attached hydrogen (secondary N) is 1. The molecule has 0 heterocycles. The molecule has 2 rings (SSSR count). The molecule has 2 aromatic rings. The monoisotopic (exact) mass is 291 g/mol. The fourth-order valence-electron chi connectivity index (χ4n) is 2.04. The molecule has 3 N–H and O–H groups in total. The number of hydrogen-bond acceptors (Lipinski definition) is 3. The number of halogens is 1. The van der Waals surface area contributed by atoms with E-state index in [1.165, 1.54) is 6.07 Å². The molecule has 1 atom stereocenters. The molecule has 1 unspecified atom stereocenters. The number of rotatable bonds is 5. The minimum atomic E-state index is -0.0992. The highest BCUT2D eigenvalue weighted by atomic mass is 35.5. The molecule has 0 saturated carbocycles. The van der Waals surface area contributed by atoms with E-state index in [9.17, 15) is 10.2 Å². The Bertz CT molecular complexity index is 586. The van der Waals surface area contributed by atoms with Gasteiger partial charge in [-0.25, -0.2) is 0 Å². The Balaban J connectivity index is 1.90. The summed E-state index contributed by atoms with van der Waals surface area (Å²) in [6.45, 7) is 2.71. The standard InChI is InChI=1S/C16H18ClNO2/c1-11(8-13-4-2-3-5-14(13)17)18-10-12-6-7-15(19)16(20)9-12/h2-7,9,11,18-20H,8,10H2,1H3. The Morgan fingerprint density at radius 3 is 2.55 bits per heavy atom. The van der Waals surface area contributed by atoms with Crippen molar-refractivity contribution in [1.29, 1.82) is 0 Å². The maximum absolute atomic E-state index is 9.44. The van der Waals surface area contributed by atoms with Gasteiger partial charge in [0, 0.05) is 17.6 Å². The fourth-order valence-corrected chi connectivity index (χ4v) is 2.25. The van der Waals surface area contributed by atoms with E-state index in [2.05, 4.69) is 12.2 Å². The number of aromatic hydroxyl groups is 2. The predicted octanol–water partition coefficient (Wildman–Crippen LogP) is 3.47. The third kappa shape index (κ3) is 3.89. The third-order valence-electron chi connectivity index (χ3n) is 3.18. The lowest BCUT2D eigenvalue weighted by Crippen LogP contribution is -2.27. The van der Waals surface area contributed by atoms with E-state index in [0.29, 0.717) is 6.54 Å². The summed E-state index contributed by atoms with van der Waals surface area (Å²) in [5, 5.41) is 22.9. The summed E-state index contributed by atoms with van der Waals surface area (Å²) in [6, 6.07) is 12.9. The lowest BCUT2D eigenvalue weighted by molar-refractivity contribution is 0.402. The average molecular weight is 292 g/mol. The Morgan fingerprint density at radius 1 is 1.10 bits per heavy atom. The molecule has 0 aliphatic heterocycles. The van der Waals surface area contributed by atoms with Crippen LogP contribution < -0.4 is 5.32 Å². The summed E-state index contributed by atoms with van der Waals surface area (Å²) in [4.78, 5) is 0. The molecule has 20 heavy (non-hydrogen) atoms. The second-order valence-electron chi connectivity index (χ2n) is 4.90. The van der Waals surface area contributed by atoms with Crippen molar-refractivity contribution in [3.63, 3.8) is 0 Å². The first-order chi connectivity index (χ1) is 9.56. The highest BCUT2D eigenvalue weighted by molar-refractivity contribution is 6.31. The van der Waals surface area contributed by atoms with Crippen LogP contribution in [0.4, 0.5) is 0 Å². The van der Waals surface area contributed by atoms with Crippen LogP contribution >= 0.6 is 11.6 Å². The van der Waals surface area contributed by atoms with Crippen LogP contribution in [-0.2, 0) is 13.0 Å². The molecule has 3 nitrogen and oxygen atoms in total. The molecule has 0 fully saturated rings. The lowest BCUT2D eigenvalue weighted by Gasteiger charge is -2.15. The SMILES string of the molecule is CC(Cc1ccccc1Cl)NCc1ccc(O)c(O)c1. The molecular weight excluding hydrogens is 274 g/mol. The summed E-state index contributed by atoms with van der Waals surface area (Å²) in [5.74, 6) is -0.194. The van der Waals surface area contributed by atoms with Gasteiger partial charge < -0.3 is 15.5 Å². The number of hydrogen-bond donors (Lipinski definition) is 3. The molecule has 0 bridgehead atoms. The van der Waals surface area contributed by atoms with E-state index >= 15 is 0 Å². The van der Waals surface area contributed by atoms with Crippen molar-refractivity contribution in [2.45, 2.75) is 25.9 Å². The number of phenolic OH excluding ortho intramolecular Hbond substituents is 2. The Morgan fingerprint density at radius 2 is 1.85 bits per heavy atom. The zero-order chi connectivity index (χ0) is 14.5. The van der Waals surface area contributed by atoms with Gasteiger partial charge in [-0.3, -0.25) is 0 Å². The van der Waals surface area contributed by atoms with E-state index in [1.54, 1.807) is 12.1 Å². The van der Waals surface area contributed by atoms with Gasteiger partial charge in [-0.1, -0.05) is 35.9 Å². The molecule has 0 amide bonds. The van der Waals surface area contributed by atoms with Crippen LogP contribution in [0.2, 0.25) is 5.02 Å². The zero-order valence-electron chi connectivity index (χ0n) is 11.3. The van der Waals surface area contributed by atoms with Crippen LogP contribution in [0.25, 0.3) is 0 Å². The Kier molecular flexibility index (Phi) is 4.88. The molecule has 0 saturated heterocycles. The first-order valence-electron chi connectivity index (χ1n) is 6.54. The summed E-state index contributed by atoms with van der Waals surface area (Å²) in [7, 11) is 0. The van der Waals surface area contributed by atoms with Gasteiger partial charge in [-0.2, -0.15) is 0 Å². The van der Waals surface area contributed by atoms with E-state index < -0.39 is 0 Å². The van der Waals surface area contributed by atoms with E-state index in [1.807, 2.05) is 24.3 Å². The molecular formula is C16H18ClNO2. The van der Waals surface area contributed by atoms with Crippen molar-refractivity contribution in [2.24, 2.45) is 0 Å². The van der Waals surface area contributed by atoms with E-state index in [0.717, 1.165) is 22.6 Å². The van der Waals surface area contributed by atoms with E-state index in [4.69, 9.17) is 11.6 Å². The first-order valence-corrected chi connectivity index (χ1v) is 6.91. The van der Waals surface area contributed by atoms with Gasteiger partial charge in [0.25, 0.3) is 0 Å².